The number of hydrogen-bond donors (Lipinski definition) is 2. The minimum Gasteiger partial charge on any atom is -0.396 e. The van der Waals surface area contributed by atoms with E-state index in [-0.39, 0.29) is 0 Å². The third-order valence-corrected chi connectivity index (χ3v) is 1.97. The van der Waals surface area contributed by atoms with Gasteiger partial charge in [0.15, 0.2) is 0 Å². The second-order valence-corrected chi connectivity index (χ2v) is 2.94. The zero-order valence-corrected chi connectivity index (χ0v) is 7.45. The number of unbranched alkanes of at least 4 members (excludes halogenated alkanes) is 1. The van der Waals surface area contributed by atoms with Gasteiger partial charge in [0.2, 0.25) is 0 Å². The van der Waals surface area contributed by atoms with Gasteiger partial charge in [-0.2, -0.15) is 0 Å². The van der Waals surface area contributed by atoms with Crippen LogP contribution < -0.4 is 5.32 Å². The van der Waals surface area contributed by atoms with Crippen LogP contribution in [0.25, 0.3) is 0 Å². The lowest BCUT2D eigenvalue weighted by Gasteiger charge is -2.02. The molecule has 1 atom stereocenters. The second kappa shape index (κ2) is 4.93. The molecule has 1 heterocycles. The van der Waals surface area contributed by atoms with E-state index >= 15 is 0 Å². The summed E-state index contributed by atoms with van der Waals surface area (Å²) in [7, 11) is 1.90. The highest BCUT2D eigenvalue weighted by Crippen LogP contribution is 2.11. The first-order valence-electron chi connectivity index (χ1n) is 4.40. The van der Waals surface area contributed by atoms with Gasteiger partial charge in [0, 0.05) is 25.6 Å². The van der Waals surface area contributed by atoms with Crippen molar-refractivity contribution in [3.8, 4) is 0 Å². The lowest BCUT2D eigenvalue weighted by Crippen LogP contribution is -2.04. The average Bonchev–Trinajstić information content (AvgIpc) is 2.53. The highest BCUT2D eigenvalue weighted by atomic mass is 16.2. The molecule has 0 aromatic carbocycles. The topological polar surface area (TPSA) is 44.6 Å². The van der Waals surface area contributed by atoms with Crippen LogP contribution in [0.5, 0.6) is 0 Å². The molecule has 0 saturated carbocycles. The van der Waals surface area contributed by atoms with Gasteiger partial charge in [-0.25, -0.2) is 0 Å². The first kappa shape index (κ1) is 9.26. The fourth-order valence-electron chi connectivity index (χ4n) is 1.24. The molecule has 68 valence electrons. The molecule has 0 amide bonds. The van der Waals surface area contributed by atoms with Crippen molar-refractivity contribution in [1.29, 1.82) is 0 Å². The Kier molecular flexibility index (Phi) is 3.80. The van der Waals surface area contributed by atoms with E-state index in [9.17, 15) is 0 Å². The molecule has 2 N–H and O–H groups in total. The molecule has 0 saturated heterocycles. The summed E-state index contributed by atoms with van der Waals surface area (Å²) in [5, 5.41) is 11.6. The molecular formula is C9H16N2O. The highest BCUT2D eigenvalue weighted by molar-refractivity contribution is 5.80. The fourth-order valence-corrected chi connectivity index (χ4v) is 1.24. The zero-order chi connectivity index (χ0) is 8.81. The summed E-state index contributed by atoms with van der Waals surface area (Å²) in [6.07, 6.45) is 6.96. The number of rotatable bonds is 5. The lowest BCUT2D eigenvalue weighted by atomic mass is 10.1. The number of nitrogens with one attached hydrogen (secondary N) is 1. The Labute approximate surface area is 73.2 Å². The van der Waals surface area contributed by atoms with E-state index in [0.29, 0.717) is 12.6 Å². The minimum atomic E-state index is 0.291. The van der Waals surface area contributed by atoms with Gasteiger partial charge in [0.25, 0.3) is 0 Å². The molecule has 1 aliphatic rings. The minimum absolute atomic E-state index is 0.291. The number of hydrogen-bond acceptors (Lipinski definition) is 3. The van der Waals surface area contributed by atoms with Crippen molar-refractivity contribution >= 4 is 6.21 Å². The summed E-state index contributed by atoms with van der Waals surface area (Å²) in [6, 6.07) is 0.332. The quantitative estimate of drug-likeness (QED) is 0.594. The van der Waals surface area contributed by atoms with E-state index < -0.39 is 0 Å². The standard InChI is InChI=1S/C9H16N2O/c1-10-9-6-8(11-7-9)4-2-3-5-12/h6-8,10,12H,2-5H2,1H3. The van der Waals surface area contributed by atoms with Crippen LogP contribution >= 0.6 is 0 Å². The Morgan fingerprint density at radius 3 is 3.00 bits per heavy atom. The van der Waals surface area contributed by atoms with Gasteiger partial charge in [0.05, 0.1) is 6.04 Å². The highest BCUT2D eigenvalue weighted by Gasteiger charge is 2.08. The second-order valence-electron chi connectivity index (χ2n) is 2.94. The van der Waals surface area contributed by atoms with Crippen molar-refractivity contribution in [2.24, 2.45) is 4.99 Å². The van der Waals surface area contributed by atoms with E-state index in [4.69, 9.17) is 5.11 Å². The molecule has 1 aliphatic heterocycles. The largest absolute Gasteiger partial charge is 0.396 e. The van der Waals surface area contributed by atoms with Crippen LogP contribution in [-0.4, -0.2) is 31.0 Å². The Balaban J connectivity index is 2.19. The molecule has 3 heteroatoms. The Hall–Kier alpha value is -0.830. The molecule has 0 aliphatic carbocycles. The number of aliphatic hydroxyl groups excluding tert-OH is 1. The lowest BCUT2D eigenvalue weighted by molar-refractivity contribution is 0.282. The predicted octanol–water partition coefficient (Wildman–Crippen LogP) is 0.705. The summed E-state index contributed by atoms with van der Waals surface area (Å²) < 4.78 is 0. The van der Waals surface area contributed by atoms with Crippen molar-refractivity contribution in [3.63, 3.8) is 0 Å². The Morgan fingerprint density at radius 2 is 2.42 bits per heavy atom. The van der Waals surface area contributed by atoms with Crippen LogP contribution in [-0.2, 0) is 0 Å². The first-order valence-corrected chi connectivity index (χ1v) is 4.40. The summed E-state index contributed by atoms with van der Waals surface area (Å²) in [4.78, 5) is 4.30. The van der Waals surface area contributed by atoms with Crippen molar-refractivity contribution in [2.75, 3.05) is 13.7 Å². The third kappa shape index (κ3) is 2.66. The molecule has 0 aromatic heterocycles. The number of allylic oxidation sites excluding steroid dienone is 1. The van der Waals surface area contributed by atoms with Crippen LogP contribution in [0, 0.1) is 0 Å². The van der Waals surface area contributed by atoms with E-state index in [0.717, 1.165) is 25.0 Å². The monoisotopic (exact) mass is 168 g/mol. The normalized spacial score (nSPS) is 21.2. The SMILES string of the molecule is CNC1=CC(CCCCO)N=C1. The molecule has 0 bridgehead atoms. The van der Waals surface area contributed by atoms with E-state index in [1.807, 2.05) is 13.3 Å². The first-order chi connectivity index (χ1) is 5.86. The van der Waals surface area contributed by atoms with Gasteiger partial charge in [0.1, 0.15) is 0 Å². The van der Waals surface area contributed by atoms with Crippen molar-refractivity contribution in [2.45, 2.75) is 25.3 Å². The van der Waals surface area contributed by atoms with Crippen LogP contribution in [0.2, 0.25) is 0 Å². The maximum absolute atomic E-state index is 8.57. The van der Waals surface area contributed by atoms with Gasteiger partial charge >= 0.3 is 0 Å². The molecule has 3 nitrogen and oxygen atoms in total. The smallest absolute Gasteiger partial charge is 0.0704 e. The molecule has 0 spiro atoms. The van der Waals surface area contributed by atoms with E-state index in [1.165, 1.54) is 0 Å². The zero-order valence-electron chi connectivity index (χ0n) is 7.45. The molecular weight excluding hydrogens is 152 g/mol. The molecule has 0 radical (unpaired) electrons. The van der Waals surface area contributed by atoms with Gasteiger partial charge in [-0.3, -0.25) is 4.99 Å². The Morgan fingerprint density at radius 1 is 1.58 bits per heavy atom. The van der Waals surface area contributed by atoms with Crippen LogP contribution in [0.1, 0.15) is 19.3 Å². The summed E-state index contributed by atoms with van der Waals surface area (Å²) >= 11 is 0. The fraction of sp³-hybridized carbons (Fsp3) is 0.667. The maximum Gasteiger partial charge on any atom is 0.0704 e. The Bertz CT molecular complexity index is 187. The summed E-state index contributed by atoms with van der Waals surface area (Å²) in [6.45, 7) is 0.291. The maximum atomic E-state index is 8.57. The molecule has 1 unspecified atom stereocenters. The van der Waals surface area contributed by atoms with Crippen LogP contribution in [0.4, 0.5) is 0 Å². The summed E-state index contributed by atoms with van der Waals surface area (Å²) in [5.41, 5.74) is 1.10. The van der Waals surface area contributed by atoms with Crippen LogP contribution in [0.3, 0.4) is 0 Å². The number of aliphatic imine (C=N–C) groups is 1. The molecule has 0 aromatic rings. The molecule has 1 rings (SSSR count). The summed E-state index contributed by atoms with van der Waals surface area (Å²) in [5.74, 6) is 0. The van der Waals surface area contributed by atoms with E-state index in [2.05, 4.69) is 16.4 Å². The van der Waals surface area contributed by atoms with Crippen molar-refractivity contribution < 1.29 is 5.11 Å². The van der Waals surface area contributed by atoms with Crippen LogP contribution in [0.15, 0.2) is 16.8 Å². The van der Waals surface area contributed by atoms with Gasteiger partial charge in [-0.15, -0.1) is 0 Å². The third-order valence-electron chi connectivity index (χ3n) is 1.97. The van der Waals surface area contributed by atoms with Gasteiger partial charge in [-0.05, 0) is 25.3 Å². The average molecular weight is 168 g/mol. The molecule has 12 heavy (non-hydrogen) atoms. The number of aliphatic hydroxyl groups is 1. The molecule has 0 fully saturated rings. The van der Waals surface area contributed by atoms with Gasteiger partial charge < -0.3 is 10.4 Å². The predicted molar refractivity (Wildman–Crippen MR) is 50.4 cm³/mol. The van der Waals surface area contributed by atoms with E-state index in [1.54, 1.807) is 0 Å². The number of nitrogens with zero attached hydrogens (tertiary/aromatic N) is 1. The van der Waals surface area contributed by atoms with Crippen molar-refractivity contribution in [1.82, 2.24) is 5.32 Å². The van der Waals surface area contributed by atoms with Crippen molar-refractivity contribution in [3.05, 3.63) is 11.8 Å². The van der Waals surface area contributed by atoms with Gasteiger partial charge in [-0.1, -0.05) is 0 Å².